The van der Waals surface area contributed by atoms with Crippen LogP contribution in [0.4, 0.5) is 5.69 Å². The standard InChI is InChI=1S/C16H14BrClN2O2S/c1-10-2-5-12(6-3-10)22-9-15(21)20-16(23)19-11-4-7-13(17)14(18)8-11/h2-8H,9H2,1H3,(H2,19,20,21,23). The highest BCUT2D eigenvalue weighted by Gasteiger charge is 2.07. The van der Waals surface area contributed by atoms with E-state index < -0.39 is 0 Å². The number of amides is 1. The minimum absolute atomic E-state index is 0.119. The van der Waals surface area contributed by atoms with E-state index in [-0.39, 0.29) is 17.6 Å². The molecule has 2 aromatic carbocycles. The Bertz CT molecular complexity index is 723. The molecule has 0 aromatic heterocycles. The van der Waals surface area contributed by atoms with Crippen LogP contribution in [-0.2, 0) is 4.79 Å². The molecule has 2 rings (SSSR count). The average Bonchev–Trinajstić information content (AvgIpc) is 2.50. The van der Waals surface area contributed by atoms with Gasteiger partial charge in [0.25, 0.3) is 5.91 Å². The van der Waals surface area contributed by atoms with E-state index in [0.29, 0.717) is 16.5 Å². The summed E-state index contributed by atoms with van der Waals surface area (Å²) in [6, 6.07) is 12.7. The quantitative estimate of drug-likeness (QED) is 0.734. The van der Waals surface area contributed by atoms with Gasteiger partial charge in [-0.3, -0.25) is 10.1 Å². The maximum absolute atomic E-state index is 11.8. The van der Waals surface area contributed by atoms with E-state index >= 15 is 0 Å². The number of benzene rings is 2. The van der Waals surface area contributed by atoms with Crippen molar-refractivity contribution < 1.29 is 9.53 Å². The molecular weight excluding hydrogens is 400 g/mol. The number of hydrogen-bond donors (Lipinski definition) is 2. The van der Waals surface area contributed by atoms with Crippen LogP contribution in [0.2, 0.25) is 5.02 Å². The first kappa shape index (κ1) is 17.7. The smallest absolute Gasteiger partial charge is 0.264 e. The van der Waals surface area contributed by atoms with Crippen LogP contribution in [0.3, 0.4) is 0 Å². The highest BCUT2D eigenvalue weighted by molar-refractivity contribution is 9.10. The van der Waals surface area contributed by atoms with Gasteiger partial charge in [0.15, 0.2) is 11.7 Å². The molecule has 0 spiro atoms. The van der Waals surface area contributed by atoms with Crippen LogP contribution >= 0.6 is 39.7 Å². The number of rotatable bonds is 4. The molecule has 120 valence electrons. The summed E-state index contributed by atoms with van der Waals surface area (Å²) in [5, 5.41) is 6.16. The molecule has 0 aliphatic carbocycles. The molecule has 1 amide bonds. The number of nitrogens with one attached hydrogen (secondary N) is 2. The van der Waals surface area contributed by atoms with E-state index in [2.05, 4.69) is 26.6 Å². The Morgan fingerprint density at radius 1 is 1.26 bits per heavy atom. The number of thiocarbonyl (C=S) groups is 1. The third-order valence-corrected chi connectivity index (χ3v) is 4.26. The van der Waals surface area contributed by atoms with Crippen molar-refractivity contribution in [1.29, 1.82) is 0 Å². The Balaban J connectivity index is 1.81. The Kier molecular flexibility index (Phi) is 6.38. The van der Waals surface area contributed by atoms with E-state index in [1.54, 1.807) is 18.2 Å². The van der Waals surface area contributed by atoms with Crippen LogP contribution in [0.1, 0.15) is 5.56 Å². The van der Waals surface area contributed by atoms with E-state index in [1.807, 2.05) is 31.2 Å². The Morgan fingerprint density at radius 2 is 1.96 bits per heavy atom. The maximum Gasteiger partial charge on any atom is 0.264 e. The number of carbonyl (C=O) groups is 1. The first-order valence-electron chi connectivity index (χ1n) is 6.69. The molecular formula is C16H14BrClN2O2S. The van der Waals surface area contributed by atoms with Gasteiger partial charge in [0.1, 0.15) is 5.75 Å². The lowest BCUT2D eigenvalue weighted by atomic mass is 10.2. The number of halogens is 2. The molecule has 2 aromatic rings. The minimum atomic E-state index is -0.341. The fraction of sp³-hybridized carbons (Fsp3) is 0.125. The lowest BCUT2D eigenvalue weighted by Crippen LogP contribution is -2.37. The van der Waals surface area contributed by atoms with E-state index in [1.165, 1.54) is 0 Å². The summed E-state index contributed by atoms with van der Waals surface area (Å²) in [6.45, 7) is 1.86. The van der Waals surface area contributed by atoms with Gasteiger partial charge in [0.2, 0.25) is 0 Å². The van der Waals surface area contributed by atoms with Crippen LogP contribution in [0.15, 0.2) is 46.9 Å². The molecule has 0 radical (unpaired) electrons. The van der Waals surface area contributed by atoms with Crippen molar-refractivity contribution in [3.8, 4) is 5.75 Å². The van der Waals surface area contributed by atoms with E-state index in [0.717, 1.165) is 10.0 Å². The van der Waals surface area contributed by atoms with Gasteiger partial charge in [-0.2, -0.15) is 0 Å². The highest BCUT2D eigenvalue weighted by atomic mass is 79.9. The normalized spacial score (nSPS) is 10.0. The molecule has 4 nitrogen and oxygen atoms in total. The predicted octanol–water partition coefficient (Wildman–Crippen LogP) is 4.30. The van der Waals surface area contributed by atoms with Crippen molar-refractivity contribution in [2.75, 3.05) is 11.9 Å². The van der Waals surface area contributed by atoms with Crippen molar-refractivity contribution in [3.63, 3.8) is 0 Å². The summed E-state index contributed by atoms with van der Waals surface area (Å²) in [5.41, 5.74) is 1.81. The van der Waals surface area contributed by atoms with Gasteiger partial charge in [-0.15, -0.1) is 0 Å². The van der Waals surface area contributed by atoms with E-state index in [9.17, 15) is 4.79 Å². The topological polar surface area (TPSA) is 50.4 Å². The average molecular weight is 414 g/mol. The number of aryl methyl sites for hydroxylation is 1. The number of hydrogen-bond acceptors (Lipinski definition) is 3. The first-order valence-corrected chi connectivity index (χ1v) is 8.27. The lowest BCUT2D eigenvalue weighted by molar-refractivity contribution is -0.121. The van der Waals surface area contributed by atoms with Crippen LogP contribution in [0, 0.1) is 6.92 Å². The number of anilines is 1. The third-order valence-electron chi connectivity index (χ3n) is 2.82. The molecule has 0 fully saturated rings. The molecule has 23 heavy (non-hydrogen) atoms. The molecule has 0 saturated heterocycles. The highest BCUT2D eigenvalue weighted by Crippen LogP contribution is 2.25. The van der Waals surface area contributed by atoms with E-state index in [4.69, 9.17) is 28.6 Å². The minimum Gasteiger partial charge on any atom is -0.484 e. The van der Waals surface area contributed by atoms with Gasteiger partial charge in [0, 0.05) is 10.2 Å². The molecule has 0 aliphatic heterocycles. The summed E-state index contributed by atoms with van der Waals surface area (Å²) < 4.78 is 6.17. The summed E-state index contributed by atoms with van der Waals surface area (Å²) in [5.74, 6) is 0.288. The van der Waals surface area contributed by atoms with Crippen molar-refractivity contribution in [2.45, 2.75) is 6.92 Å². The molecule has 0 heterocycles. The first-order chi connectivity index (χ1) is 10.9. The Morgan fingerprint density at radius 3 is 2.61 bits per heavy atom. The van der Waals surface area contributed by atoms with Crippen molar-refractivity contribution >= 4 is 56.5 Å². The Labute approximate surface area is 153 Å². The predicted molar refractivity (Wildman–Crippen MR) is 100 cm³/mol. The molecule has 0 unspecified atom stereocenters. The third kappa shape index (κ3) is 5.82. The largest absolute Gasteiger partial charge is 0.484 e. The van der Waals surface area contributed by atoms with Gasteiger partial charge in [-0.05, 0) is 65.4 Å². The molecule has 0 aliphatic rings. The fourth-order valence-electron chi connectivity index (χ4n) is 1.68. The summed E-state index contributed by atoms with van der Waals surface area (Å²) in [6.07, 6.45) is 0. The molecule has 2 N–H and O–H groups in total. The van der Waals surface area contributed by atoms with Crippen LogP contribution in [-0.4, -0.2) is 17.6 Å². The number of ether oxygens (including phenoxy) is 1. The zero-order chi connectivity index (χ0) is 16.8. The van der Waals surface area contributed by atoms with Crippen LogP contribution in [0.25, 0.3) is 0 Å². The SMILES string of the molecule is Cc1ccc(OCC(=O)NC(=S)Nc2ccc(Br)c(Cl)c2)cc1. The van der Waals surface area contributed by atoms with Gasteiger partial charge < -0.3 is 10.1 Å². The summed E-state index contributed by atoms with van der Waals surface area (Å²) in [4.78, 5) is 11.8. The lowest BCUT2D eigenvalue weighted by Gasteiger charge is -2.11. The van der Waals surface area contributed by atoms with Crippen molar-refractivity contribution in [1.82, 2.24) is 5.32 Å². The van der Waals surface area contributed by atoms with Crippen LogP contribution < -0.4 is 15.4 Å². The zero-order valence-electron chi connectivity index (χ0n) is 12.2. The molecule has 0 atom stereocenters. The zero-order valence-corrected chi connectivity index (χ0v) is 15.4. The number of carbonyl (C=O) groups excluding carboxylic acids is 1. The van der Waals surface area contributed by atoms with Gasteiger partial charge in [-0.25, -0.2) is 0 Å². The van der Waals surface area contributed by atoms with Crippen molar-refractivity contribution in [2.24, 2.45) is 0 Å². The van der Waals surface area contributed by atoms with Crippen LogP contribution in [0.5, 0.6) is 5.75 Å². The Hall–Kier alpha value is -1.63. The summed E-state index contributed by atoms with van der Waals surface area (Å²) in [7, 11) is 0. The summed E-state index contributed by atoms with van der Waals surface area (Å²) >= 11 is 14.4. The molecule has 0 saturated carbocycles. The second kappa shape index (κ2) is 8.29. The molecule has 7 heteroatoms. The van der Waals surface area contributed by atoms with Gasteiger partial charge in [-0.1, -0.05) is 29.3 Å². The maximum atomic E-state index is 11.8. The van der Waals surface area contributed by atoms with Gasteiger partial charge >= 0.3 is 0 Å². The molecule has 0 bridgehead atoms. The van der Waals surface area contributed by atoms with Crippen molar-refractivity contribution in [3.05, 3.63) is 57.5 Å². The second-order valence-electron chi connectivity index (χ2n) is 4.73. The monoisotopic (exact) mass is 412 g/mol. The van der Waals surface area contributed by atoms with Gasteiger partial charge in [0.05, 0.1) is 5.02 Å². The second-order valence-corrected chi connectivity index (χ2v) is 6.40. The fourth-order valence-corrected chi connectivity index (χ4v) is 2.34.